The second-order valence-corrected chi connectivity index (χ2v) is 4.44. The summed E-state index contributed by atoms with van der Waals surface area (Å²) in [5, 5.41) is 16.7. The molecular formula is C12H15F2N3O. The van der Waals surface area contributed by atoms with Crippen LogP contribution < -0.4 is 10.6 Å². The van der Waals surface area contributed by atoms with Crippen LogP contribution in [0.1, 0.15) is 18.4 Å². The number of halogens is 2. The van der Waals surface area contributed by atoms with E-state index in [-0.39, 0.29) is 23.6 Å². The van der Waals surface area contributed by atoms with Gasteiger partial charge < -0.3 is 15.7 Å². The molecule has 1 atom stereocenters. The van der Waals surface area contributed by atoms with E-state index in [0.29, 0.717) is 19.4 Å². The Hall–Kier alpha value is -1.69. The molecule has 18 heavy (non-hydrogen) atoms. The molecule has 1 fully saturated rings. The van der Waals surface area contributed by atoms with Gasteiger partial charge in [-0.2, -0.15) is 0 Å². The molecule has 6 heteroatoms. The molecule has 0 bridgehead atoms. The van der Waals surface area contributed by atoms with E-state index in [1.807, 2.05) is 0 Å². The van der Waals surface area contributed by atoms with Crippen LogP contribution in [0.4, 0.5) is 14.5 Å². The fraction of sp³-hybridized carbons (Fsp3) is 0.417. The van der Waals surface area contributed by atoms with Crippen molar-refractivity contribution in [3.05, 3.63) is 29.3 Å². The Labute approximate surface area is 104 Å². The van der Waals surface area contributed by atoms with E-state index in [0.717, 1.165) is 12.1 Å². The van der Waals surface area contributed by atoms with E-state index in [2.05, 4.69) is 0 Å². The van der Waals surface area contributed by atoms with E-state index < -0.39 is 17.7 Å². The number of anilines is 1. The Kier molecular flexibility index (Phi) is 3.47. The van der Waals surface area contributed by atoms with Gasteiger partial charge in [-0.1, -0.05) is 0 Å². The van der Waals surface area contributed by atoms with Crippen molar-refractivity contribution in [1.29, 1.82) is 5.41 Å². The Morgan fingerprint density at radius 2 is 2.00 bits per heavy atom. The monoisotopic (exact) mass is 255 g/mol. The number of β-amino-alcohol motifs (C(OH)–C–C–N with tert-alkyl or cyclic N) is 1. The molecule has 2 rings (SSSR count). The van der Waals surface area contributed by atoms with Crippen LogP contribution in [0, 0.1) is 17.0 Å². The highest BCUT2D eigenvalue weighted by Gasteiger charge is 2.24. The first-order valence-electron chi connectivity index (χ1n) is 5.75. The number of piperidine rings is 1. The highest BCUT2D eigenvalue weighted by atomic mass is 19.1. The molecule has 0 radical (unpaired) electrons. The van der Waals surface area contributed by atoms with Gasteiger partial charge in [0, 0.05) is 18.7 Å². The summed E-state index contributed by atoms with van der Waals surface area (Å²) in [4.78, 5) is 1.49. The van der Waals surface area contributed by atoms with Crippen LogP contribution >= 0.6 is 0 Å². The average molecular weight is 255 g/mol. The van der Waals surface area contributed by atoms with Gasteiger partial charge in [0.25, 0.3) is 0 Å². The molecule has 1 aliphatic heterocycles. The lowest BCUT2D eigenvalue weighted by Gasteiger charge is -2.32. The maximum absolute atomic E-state index is 13.9. The molecule has 0 amide bonds. The largest absolute Gasteiger partial charge is 0.391 e. The van der Waals surface area contributed by atoms with Gasteiger partial charge in [0.15, 0.2) is 0 Å². The molecule has 1 aromatic carbocycles. The average Bonchev–Trinajstić information content (AvgIpc) is 2.27. The molecule has 1 heterocycles. The lowest BCUT2D eigenvalue weighted by atomic mass is 10.1. The maximum Gasteiger partial charge on any atom is 0.150 e. The van der Waals surface area contributed by atoms with Crippen molar-refractivity contribution in [2.24, 2.45) is 5.73 Å². The summed E-state index contributed by atoms with van der Waals surface area (Å²) in [6.45, 7) is 0.720. The van der Waals surface area contributed by atoms with Crippen molar-refractivity contribution in [3.63, 3.8) is 0 Å². The molecule has 4 nitrogen and oxygen atoms in total. The molecule has 1 aliphatic rings. The van der Waals surface area contributed by atoms with Gasteiger partial charge in [-0.15, -0.1) is 0 Å². The van der Waals surface area contributed by atoms with Crippen LogP contribution in [0.5, 0.6) is 0 Å². The number of hydrogen-bond donors (Lipinski definition) is 3. The van der Waals surface area contributed by atoms with Gasteiger partial charge >= 0.3 is 0 Å². The Morgan fingerprint density at radius 1 is 1.39 bits per heavy atom. The number of aliphatic hydroxyl groups excluding tert-OH is 1. The topological polar surface area (TPSA) is 73.3 Å². The number of aliphatic hydroxyl groups is 1. The summed E-state index contributed by atoms with van der Waals surface area (Å²) < 4.78 is 27.7. The van der Waals surface area contributed by atoms with Gasteiger partial charge in [0.1, 0.15) is 23.2 Å². The molecule has 0 spiro atoms. The summed E-state index contributed by atoms with van der Waals surface area (Å²) in [7, 11) is 0. The number of nitrogens with zero attached hydrogens (tertiary/aromatic N) is 1. The van der Waals surface area contributed by atoms with E-state index in [1.165, 1.54) is 4.90 Å². The number of amidine groups is 1. The van der Waals surface area contributed by atoms with Gasteiger partial charge in [0.2, 0.25) is 0 Å². The molecule has 0 saturated carbocycles. The third kappa shape index (κ3) is 2.43. The quantitative estimate of drug-likeness (QED) is 0.549. The summed E-state index contributed by atoms with van der Waals surface area (Å²) in [5.41, 5.74) is 5.06. The Balaban J connectivity index is 2.36. The van der Waals surface area contributed by atoms with Crippen LogP contribution in [0.2, 0.25) is 0 Å². The second kappa shape index (κ2) is 4.89. The van der Waals surface area contributed by atoms with E-state index in [4.69, 9.17) is 11.1 Å². The second-order valence-electron chi connectivity index (χ2n) is 4.44. The molecule has 0 aromatic heterocycles. The highest BCUT2D eigenvalue weighted by Crippen LogP contribution is 2.27. The summed E-state index contributed by atoms with van der Waals surface area (Å²) in [5.74, 6) is -1.89. The first-order valence-corrected chi connectivity index (χ1v) is 5.75. The molecule has 1 aromatic rings. The van der Waals surface area contributed by atoms with E-state index in [9.17, 15) is 13.9 Å². The number of rotatable bonds is 2. The lowest BCUT2D eigenvalue weighted by Crippen LogP contribution is -2.39. The minimum absolute atomic E-state index is 0.0197. The SMILES string of the molecule is N=C(N)c1cc(F)c(N2CCCC(O)C2)c(F)c1. The highest BCUT2D eigenvalue weighted by molar-refractivity contribution is 5.95. The maximum atomic E-state index is 13.9. The predicted octanol–water partition coefficient (Wildman–Crippen LogP) is 1.21. The van der Waals surface area contributed by atoms with Gasteiger partial charge in [-0.05, 0) is 25.0 Å². The molecule has 4 N–H and O–H groups in total. The summed E-state index contributed by atoms with van der Waals surface area (Å²) >= 11 is 0. The van der Waals surface area contributed by atoms with Crippen molar-refractivity contribution in [2.75, 3.05) is 18.0 Å². The van der Waals surface area contributed by atoms with Gasteiger partial charge in [-0.25, -0.2) is 8.78 Å². The van der Waals surface area contributed by atoms with Crippen LogP contribution in [0.15, 0.2) is 12.1 Å². The zero-order valence-corrected chi connectivity index (χ0v) is 9.79. The lowest BCUT2D eigenvalue weighted by molar-refractivity contribution is 0.153. The van der Waals surface area contributed by atoms with Crippen LogP contribution in [0.25, 0.3) is 0 Å². The number of nitrogen functional groups attached to an aromatic ring is 1. The minimum Gasteiger partial charge on any atom is -0.391 e. The standard InChI is InChI=1S/C12H15F2N3O/c13-9-4-7(12(15)16)5-10(14)11(9)17-3-1-2-8(18)6-17/h4-5,8,18H,1-3,6H2,(H3,15,16). The van der Waals surface area contributed by atoms with E-state index in [1.54, 1.807) is 0 Å². The Bertz CT molecular complexity index is 455. The molecule has 1 unspecified atom stereocenters. The number of benzene rings is 1. The molecule has 98 valence electrons. The normalized spacial score (nSPS) is 19.9. The molecular weight excluding hydrogens is 240 g/mol. The first kappa shape index (κ1) is 12.8. The van der Waals surface area contributed by atoms with Crippen LogP contribution in [-0.2, 0) is 0 Å². The number of hydrogen-bond acceptors (Lipinski definition) is 3. The number of nitrogens with one attached hydrogen (secondary N) is 1. The zero-order chi connectivity index (χ0) is 13.3. The number of nitrogens with two attached hydrogens (primary N) is 1. The molecule has 0 aliphatic carbocycles. The van der Waals surface area contributed by atoms with Crippen LogP contribution in [-0.4, -0.2) is 30.1 Å². The molecule has 1 saturated heterocycles. The van der Waals surface area contributed by atoms with Gasteiger partial charge in [-0.3, -0.25) is 5.41 Å². The smallest absolute Gasteiger partial charge is 0.150 e. The fourth-order valence-corrected chi connectivity index (χ4v) is 2.18. The van der Waals surface area contributed by atoms with Gasteiger partial charge in [0.05, 0.1) is 6.10 Å². The third-order valence-corrected chi connectivity index (χ3v) is 3.04. The van der Waals surface area contributed by atoms with Crippen molar-refractivity contribution in [1.82, 2.24) is 0 Å². The predicted molar refractivity (Wildman–Crippen MR) is 64.8 cm³/mol. The van der Waals surface area contributed by atoms with Crippen molar-refractivity contribution in [3.8, 4) is 0 Å². The first-order chi connectivity index (χ1) is 8.49. The third-order valence-electron chi connectivity index (χ3n) is 3.04. The van der Waals surface area contributed by atoms with E-state index >= 15 is 0 Å². The van der Waals surface area contributed by atoms with Crippen LogP contribution in [0.3, 0.4) is 0 Å². The van der Waals surface area contributed by atoms with Crippen molar-refractivity contribution < 1.29 is 13.9 Å². The van der Waals surface area contributed by atoms with Crippen molar-refractivity contribution >= 4 is 11.5 Å². The summed E-state index contributed by atoms with van der Waals surface area (Å²) in [6, 6.07) is 2.09. The van der Waals surface area contributed by atoms with Crippen molar-refractivity contribution in [2.45, 2.75) is 18.9 Å². The zero-order valence-electron chi connectivity index (χ0n) is 9.79. The fourth-order valence-electron chi connectivity index (χ4n) is 2.18. The summed E-state index contributed by atoms with van der Waals surface area (Å²) in [6.07, 6.45) is 0.768. The Morgan fingerprint density at radius 3 is 2.50 bits per heavy atom. The minimum atomic E-state index is -0.755.